The van der Waals surface area contributed by atoms with Crippen molar-refractivity contribution < 1.29 is 26.1 Å². The molecule has 0 aliphatic carbocycles. The maximum Gasteiger partial charge on any atom is 0.359 e. The van der Waals surface area contributed by atoms with Crippen LogP contribution in [0.25, 0.3) is 0 Å². The summed E-state index contributed by atoms with van der Waals surface area (Å²) in [6, 6.07) is 14.7. The molecule has 0 saturated carbocycles. The number of benzene rings is 2. The van der Waals surface area contributed by atoms with E-state index in [-0.39, 0.29) is 26.9 Å². The topological polar surface area (TPSA) is 43.1 Å². The third kappa shape index (κ3) is 3.17. The smallest absolute Gasteiger partial charge is 0.258 e. The molecule has 2 aromatic rings. The second-order valence-electron chi connectivity index (χ2n) is 3.25. The van der Waals surface area contributed by atoms with Crippen molar-refractivity contribution in [2.75, 3.05) is 0 Å². The van der Waals surface area contributed by atoms with Gasteiger partial charge in [0.1, 0.15) is 5.02 Å². The molecule has 3 nitrogen and oxygen atoms in total. The first-order valence-electron chi connectivity index (χ1n) is 4.80. The summed E-state index contributed by atoms with van der Waals surface area (Å²) in [5, 5.41) is 11.1. The first-order valence-corrected chi connectivity index (χ1v) is 7.34. The zero-order chi connectivity index (χ0) is 12.3. The van der Waals surface area contributed by atoms with Crippen LogP contribution in [0.15, 0.2) is 48.5 Å². The summed E-state index contributed by atoms with van der Waals surface area (Å²) in [6.45, 7) is 0. The standard InChI is InChI=1S/C12H8ClINO2/c13-11-8-10(15(16)17)6-7-12(11)14-9-4-2-1-3-5-9/h1-8H/q+1. The molecule has 0 unspecified atom stereocenters. The van der Waals surface area contributed by atoms with E-state index in [0.717, 1.165) is 3.57 Å². The molecule has 5 heteroatoms. The fourth-order valence-electron chi connectivity index (χ4n) is 1.27. The Morgan fingerprint density at radius 2 is 1.82 bits per heavy atom. The molecule has 0 radical (unpaired) electrons. The Balaban J connectivity index is 2.26. The van der Waals surface area contributed by atoms with E-state index in [1.807, 2.05) is 30.3 Å². The number of hydrogen-bond donors (Lipinski definition) is 0. The molecule has 0 N–H and O–H groups in total. The molecule has 0 aliphatic rings. The molecule has 0 saturated heterocycles. The fourth-order valence-corrected chi connectivity index (χ4v) is 3.90. The Morgan fingerprint density at radius 3 is 2.41 bits per heavy atom. The summed E-state index contributed by atoms with van der Waals surface area (Å²) >= 11 is 5.67. The first kappa shape index (κ1) is 12.3. The Hall–Kier alpha value is -1.14. The van der Waals surface area contributed by atoms with E-state index in [9.17, 15) is 10.1 Å². The van der Waals surface area contributed by atoms with E-state index in [1.54, 1.807) is 6.07 Å². The van der Waals surface area contributed by atoms with Crippen molar-refractivity contribution in [3.05, 3.63) is 70.8 Å². The van der Waals surface area contributed by atoms with Crippen LogP contribution in [0.3, 0.4) is 0 Å². The van der Waals surface area contributed by atoms with Gasteiger partial charge in [-0.2, -0.15) is 0 Å². The maximum absolute atomic E-state index is 10.6. The summed E-state index contributed by atoms with van der Waals surface area (Å²) in [6.07, 6.45) is 0. The van der Waals surface area contributed by atoms with Crippen LogP contribution in [0.4, 0.5) is 5.69 Å². The van der Waals surface area contributed by atoms with Crippen LogP contribution in [-0.4, -0.2) is 4.92 Å². The van der Waals surface area contributed by atoms with Gasteiger partial charge in [-0.1, -0.05) is 29.8 Å². The van der Waals surface area contributed by atoms with E-state index in [4.69, 9.17) is 11.6 Å². The highest BCUT2D eigenvalue weighted by molar-refractivity contribution is 6.30. The van der Waals surface area contributed by atoms with Crippen LogP contribution in [-0.2, 0) is 0 Å². The number of rotatable bonds is 3. The number of non-ortho nitro benzene ring substituents is 1. The SMILES string of the molecule is O=[N+]([O-])c1ccc([I+]c2ccccc2)c(Cl)c1. The zero-order valence-corrected chi connectivity index (χ0v) is 11.6. The van der Waals surface area contributed by atoms with Gasteiger partial charge in [0.05, 0.1) is 4.92 Å². The maximum atomic E-state index is 10.6. The van der Waals surface area contributed by atoms with Crippen LogP contribution in [0.5, 0.6) is 0 Å². The zero-order valence-electron chi connectivity index (χ0n) is 8.64. The van der Waals surface area contributed by atoms with Gasteiger partial charge in [-0.3, -0.25) is 10.1 Å². The number of halogens is 2. The molecular weight excluding hydrogens is 352 g/mol. The lowest BCUT2D eigenvalue weighted by Gasteiger charge is -1.92. The third-order valence-corrected chi connectivity index (χ3v) is 5.55. The Morgan fingerprint density at radius 1 is 1.12 bits per heavy atom. The largest absolute Gasteiger partial charge is 0.359 e. The molecule has 0 atom stereocenters. The van der Waals surface area contributed by atoms with Crippen molar-refractivity contribution in [2.24, 2.45) is 0 Å². The molecule has 0 fully saturated rings. The minimum Gasteiger partial charge on any atom is -0.258 e. The van der Waals surface area contributed by atoms with Crippen LogP contribution < -0.4 is 21.2 Å². The molecule has 0 bridgehead atoms. The second-order valence-corrected chi connectivity index (χ2v) is 6.60. The summed E-state index contributed by atoms with van der Waals surface area (Å²) in [7, 11) is 0. The predicted octanol–water partition coefficient (Wildman–Crippen LogP) is 0.377. The van der Waals surface area contributed by atoms with Crippen molar-refractivity contribution in [3.63, 3.8) is 0 Å². The van der Waals surface area contributed by atoms with Gasteiger partial charge >= 0.3 is 21.2 Å². The van der Waals surface area contributed by atoms with Crippen LogP contribution in [0.2, 0.25) is 5.02 Å². The molecule has 2 aromatic carbocycles. The van der Waals surface area contributed by atoms with E-state index in [2.05, 4.69) is 0 Å². The second kappa shape index (κ2) is 5.46. The molecule has 0 amide bonds. The molecule has 86 valence electrons. The number of nitrogens with zero attached hydrogens (tertiary/aromatic N) is 1. The van der Waals surface area contributed by atoms with Crippen LogP contribution in [0, 0.1) is 17.3 Å². The Labute approximate surface area is 114 Å². The summed E-state index contributed by atoms with van der Waals surface area (Å²) in [4.78, 5) is 10.1. The molecule has 0 aliphatic heterocycles. The average molecular weight is 361 g/mol. The molecule has 2 rings (SSSR count). The fraction of sp³-hybridized carbons (Fsp3) is 0. The van der Waals surface area contributed by atoms with Crippen molar-refractivity contribution in [1.29, 1.82) is 0 Å². The van der Waals surface area contributed by atoms with Gasteiger partial charge in [0.2, 0.25) is 3.57 Å². The molecule has 0 heterocycles. The predicted molar refractivity (Wildman–Crippen MR) is 61.9 cm³/mol. The normalized spacial score (nSPS) is 10.2. The lowest BCUT2D eigenvalue weighted by Crippen LogP contribution is -3.61. The summed E-state index contributed by atoms with van der Waals surface area (Å²) in [5.41, 5.74) is 0.0378. The van der Waals surface area contributed by atoms with Crippen molar-refractivity contribution in [3.8, 4) is 0 Å². The molecular formula is C12H8ClINO2+. The molecule has 0 spiro atoms. The highest BCUT2D eigenvalue weighted by atomic mass is 127. The highest BCUT2D eigenvalue weighted by Crippen LogP contribution is 2.16. The number of nitro groups is 1. The Kier molecular flexibility index (Phi) is 3.96. The average Bonchev–Trinajstić information content (AvgIpc) is 2.33. The van der Waals surface area contributed by atoms with Crippen LogP contribution >= 0.6 is 11.6 Å². The minimum absolute atomic E-state index is 0.0378. The van der Waals surface area contributed by atoms with Crippen molar-refractivity contribution >= 4 is 17.3 Å². The highest BCUT2D eigenvalue weighted by Gasteiger charge is 2.21. The van der Waals surface area contributed by atoms with Crippen LogP contribution in [0.1, 0.15) is 0 Å². The van der Waals surface area contributed by atoms with E-state index in [1.165, 1.54) is 15.7 Å². The van der Waals surface area contributed by atoms with E-state index < -0.39 is 4.92 Å². The quantitative estimate of drug-likeness (QED) is 0.451. The minimum atomic E-state index is -0.434. The lowest BCUT2D eigenvalue weighted by atomic mass is 10.3. The van der Waals surface area contributed by atoms with Gasteiger partial charge in [0.25, 0.3) is 5.69 Å². The monoisotopic (exact) mass is 360 g/mol. The van der Waals surface area contributed by atoms with E-state index in [0.29, 0.717) is 5.02 Å². The summed E-state index contributed by atoms with van der Waals surface area (Å²) in [5.74, 6) is 0. The first-order chi connectivity index (χ1) is 8.16. The van der Waals surface area contributed by atoms with Crippen molar-refractivity contribution in [1.82, 2.24) is 0 Å². The van der Waals surface area contributed by atoms with Gasteiger partial charge < -0.3 is 0 Å². The van der Waals surface area contributed by atoms with Gasteiger partial charge in [-0.05, 0) is 12.1 Å². The summed E-state index contributed by atoms with van der Waals surface area (Å²) < 4.78 is 2.24. The number of hydrogen-bond acceptors (Lipinski definition) is 2. The lowest BCUT2D eigenvalue weighted by molar-refractivity contribution is -0.597. The molecule has 0 aromatic heterocycles. The van der Waals surface area contributed by atoms with Gasteiger partial charge in [-0.15, -0.1) is 0 Å². The van der Waals surface area contributed by atoms with Crippen molar-refractivity contribution in [2.45, 2.75) is 0 Å². The van der Waals surface area contributed by atoms with Gasteiger partial charge in [0.15, 0.2) is 3.57 Å². The van der Waals surface area contributed by atoms with Gasteiger partial charge in [-0.25, -0.2) is 0 Å². The van der Waals surface area contributed by atoms with E-state index >= 15 is 0 Å². The Bertz CT molecular complexity index is 545. The van der Waals surface area contributed by atoms with Gasteiger partial charge in [0, 0.05) is 18.2 Å². The number of nitro benzene ring substituents is 1. The third-order valence-electron chi connectivity index (χ3n) is 2.06. The molecule has 17 heavy (non-hydrogen) atoms.